The molecule has 1 aromatic carbocycles. The summed E-state index contributed by atoms with van der Waals surface area (Å²) in [5.74, 6) is 0. The Morgan fingerprint density at radius 1 is 1.47 bits per heavy atom. The molecule has 0 saturated carbocycles. The van der Waals surface area contributed by atoms with E-state index in [1.807, 2.05) is 0 Å². The number of ether oxygens (including phenoxy) is 1. The maximum absolute atomic E-state index is 8.76. The van der Waals surface area contributed by atoms with Crippen molar-refractivity contribution in [1.82, 2.24) is 4.90 Å². The Hall–Kier alpha value is -1.37. The predicted octanol–water partition coefficient (Wildman–Crippen LogP) is 2.15. The van der Waals surface area contributed by atoms with E-state index in [-0.39, 0.29) is 6.10 Å². The molecule has 1 atom stereocenters. The summed E-state index contributed by atoms with van der Waals surface area (Å²) in [5.41, 5.74) is 2.67. The molecule has 0 amide bonds. The number of nitriles is 1. The molecule has 0 saturated heterocycles. The lowest BCUT2D eigenvalue weighted by Crippen LogP contribution is -2.32. The van der Waals surface area contributed by atoms with E-state index >= 15 is 0 Å². The van der Waals surface area contributed by atoms with E-state index in [0.717, 1.165) is 26.1 Å². The third-order valence-electron chi connectivity index (χ3n) is 3.26. The monoisotopic (exact) mass is 230 g/mol. The van der Waals surface area contributed by atoms with E-state index in [9.17, 15) is 0 Å². The summed E-state index contributed by atoms with van der Waals surface area (Å²) >= 11 is 0. The second-order valence-electron chi connectivity index (χ2n) is 4.29. The van der Waals surface area contributed by atoms with Crippen LogP contribution in [-0.4, -0.2) is 31.1 Å². The minimum Gasteiger partial charge on any atom is -0.372 e. The van der Waals surface area contributed by atoms with Crippen molar-refractivity contribution >= 4 is 0 Å². The maximum Gasteiger partial charge on any atom is 0.0954 e. The Labute approximate surface area is 103 Å². The zero-order valence-corrected chi connectivity index (χ0v) is 10.2. The van der Waals surface area contributed by atoms with Crippen molar-refractivity contribution < 1.29 is 4.74 Å². The van der Waals surface area contributed by atoms with Gasteiger partial charge in [0.1, 0.15) is 0 Å². The fraction of sp³-hybridized carbons (Fsp3) is 0.500. The quantitative estimate of drug-likeness (QED) is 0.744. The van der Waals surface area contributed by atoms with Gasteiger partial charge in [0, 0.05) is 6.54 Å². The zero-order chi connectivity index (χ0) is 12.1. The van der Waals surface area contributed by atoms with Crippen LogP contribution in [0.1, 0.15) is 24.2 Å². The van der Waals surface area contributed by atoms with Crippen LogP contribution in [0, 0.1) is 11.3 Å². The van der Waals surface area contributed by atoms with Crippen LogP contribution >= 0.6 is 0 Å². The smallest absolute Gasteiger partial charge is 0.0954 e. The average molecular weight is 230 g/mol. The van der Waals surface area contributed by atoms with Gasteiger partial charge in [-0.05, 0) is 24.1 Å². The second kappa shape index (κ2) is 5.81. The van der Waals surface area contributed by atoms with Gasteiger partial charge in [-0.25, -0.2) is 0 Å². The lowest BCUT2D eigenvalue weighted by atomic mass is 9.97. The summed E-state index contributed by atoms with van der Waals surface area (Å²) in [4.78, 5) is 2.12. The molecule has 0 aliphatic carbocycles. The van der Waals surface area contributed by atoms with E-state index in [0.29, 0.717) is 6.54 Å². The first-order valence-corrected chi connectivity index (χ1v) is 6.14. The minimum absolute atomic E-state index is 0.119. The third-order valence-corrected chi connectivity index (χ3v) is 3.26. The molecule has 3 nitrogen and oxygen atoms in total. The molecule has 1 heterocycles. The lowest BCUT2D eigenvalue weighted by Gasteiger charge is -2.29. The largest absolute Gasteiger partial charge is 0.372 e. The van der Waals surface area contributed by atoms with E-state index < -0.39 is 0 Å². The van der Waals surface area contributed by atoms with Crippen LogP contribution in [-0.2, 0) is 11.2 Å². The lowest BCUT2D eigenvalue weighted by molar-refractivity contribution is 0.0195. The van der Waals surface area contributed by atoms with Crippen molar-refractivity contribution in [2.24, 2.45) is 0 Å². The highest BCUT2D eigenvalue weighted by molar-refractivity contribution is 5.31. The first-order valence-electron chi connectivity index (χ1n) is 6.14. The molecule has 1 aliphatic heterocycles. The summed E-state index contributed by atoms with van der Waals surface area (Å²) in [6, 6.07) is 10.6. The molecule has 0 N–H and O–H groups in total. The Kier molecular flexibility index (Phi) is 4.13. The maximum atomic E-state index is 8.76. The van der Waals surface area contributed by atoms with E-state index in [2.05, 4.69) is 42.2 Å². The molecule has 0 aromatic heterocycles. The van der Waals surface area contributed by atoms with Gasteiger partial charge in [-0.2, -0.15) is 5.26 Å². The fourth-order valence-electron chi connectivity index (χ4n) is 2.27. The van der Waals surface area contributed by atoms with Crippen LogP contribution in [0.2, 0.25) is 0 Å². The molecule has 0 spiro atoms. The van der Waals surface area contributed by atoms with Crippen LogP contribution in [0.25, 0.3) is 0 Å². The van der Waals surface area contributed by atoms with Gasteiger partial charge in [0.05, 0.1) is 25.3 Å². The SMILES string of the molecule is CCN(CC#N)CC1OCCc2ccccc21. The highest BCUT2D eigenvalue weighted by Gasteiger charge is 2.22. The zero-order valence-electron chi connectivity index (χ0n) is 10.2. The average Bonchev–Trinajstić information content (AvgIpc) is 2.38. The number of nitrogens with zero attached hydrogens (tertiary/aromatic N) is 2. The summed E-state index contributed by atoms with van der Waals surface area (Å²) in [5, 5.41) is 8.76. The first-order chi connectivity index (χ1) is 8.35. The molecule has 1 unspecified atom stereocenters. The molecule has 1 aromatic rings. The Morgan fingerprint density at radius 2 is 2.29 bits per heavy atom. The van der Waals surface area contributed by atoms with Gasteiger partial charge in [-0.1, -0.05) is 31.2 Å². The van der Waals surface area contributed by atoms with Gasteiger partial charge in [0.15, 0.2) is 0 Å². The molecule has 17 heavy (non-hydrogen) atoms. The van der Waals surface area contributed by atoms with E-state index in [4.69, 9.17) is 10.00 Å². The van der Waals surface area contributed by atoms with Crippen molar-refractivity contribution in [2.45, 2.75) is 19.4 Å². The molecular weight excluding hydrogens is 212 g/mol. The highest BCUT2D eigenvalue weighted by Crippen LogP contribution is 2.27. The van der Waals surface area contributed by atoms with Crippen LogP contribution in [0.15, 0.2) is 24.3 Å². The summed E-state index contributed by atoms with van der Waals surface area (Å²) in [6.07, 6.45) is 1.12. The second-order valence-corrected chi connectivity index (χ2v) is 4.29. The molecular formula is C14H18N2O. The summed E-state index contributed by atoms with van der Waals surface area (Å²) < 4.78 is 5.83. The van der Waals surface area contributed by atoms with Crippen molar-refractivity contribution in [2.75, 3.05) is 26.2 Å². The Balaban J connectivity index is 2.10. The van der Waals surface area contributed by atoms with Crippen molar-refractivity contribution in [3.05, 3.63) is 35.4 Å². The van der Waals surface area contributed by atoms with Crippen LogP contribution in [0.5, 0.6) is 0 Å². The van der Waals surface area contributed by atoms with Crippen molar-refractivity contribution in [3.63, 3.8) is 0 Å². The molecule has 0 fully saturated rings. The van der Waals surface area contributed by atoms with Crippen molar-refractivity contribution in [1.29, 1.82) is 5.26 Å². The molecule has 0 bridgehead atoms. The first kappa shape index (κ1) is 12.1. The van der Waals surface area contributed by atoms with E-state index in [1.54, 1.807) is 0 Å². The number of rotatable bonds is 4. The normalized spacial score (nSPS) is 18.8. The van der Waals surface area contributed by atoms with Crippen molar-refractivity contribution in [3.8, 4) is 6.07 Å². The molecule has 0 radical (unpaired) electrons. The molecule has 2 rings (SSSR count). The van der Waals surface area contributed by atoms with E-state index in [1.165, 1.54) is 11.1 Å². The third kappa shape index (κ3) is 2.85. The number of hydrogen-bond acceptors (Lipinski definition) is 3. The Morgan fingerprint density at radius 3 is 3.06 bits per heavy atom. The number of benzene rings is 1. The van der Waals surface area contributed by atoms with Crippen LogP contribution < -0.4 is 0 Å². The molecule has 1 aliphatic rings. The fourth-order valence-corrected chi connectivity index (χ4v) is 2.27. The topological polar surface area (TPSA) is 36.3 Å². The molecule has 3 heteroatoms. The van der Waals surface area contributed by atoms with Gasteiger partial charge in [-0.3, -0.25) is 4.90 Å². The summed E-state index contributed by atoms with van der Waals surface area (Å²) in [6.45, 7) is 5.02. The van der Waals surface area contributed by atoms with Gasteiger partial charge in [0.2, 0.25) is 0 Å². The molecule has 90 valence electrons. The predicted molar refractivity (Wildman–Crippen MR) is 66.6 cm³/mol. The summed E-state index contributed by atoms with van der Waals surface area (Å²) in [7, 11) is 0. The standard InChI is InChI=1S/C14H18N2O/c1-2-16(9-8-15)11-14-13-6-4-3-5-12(13)7-10-17-14/h3-6,14H,2,7,9-11H2,1H3. The Bertz CT molecular complexity index is 411. The number of likely N-dealkylation sites (N-methyl/N-ethyl adjacent to an activating group) is 1. The van der Waals surface area contributed by atoms with Gasteiger partial charge < -0.3 is 4.74 Å². The minimum atomic E-state index is 0.119. The van der Waals surface area contributed by atoms with Crippen LogP contribution in [0.4, 0.5) is 0 Å². The van der Waals surface area contributed by atoms with Gasteiger partial charge in [-0.15, -0.1) is 0 Å². The number of hydrogen-bond donors (Lipinski definition) is 0. The highest BCUT2D eigenvalue weighted by atomic mass is 16.5. The van der Waals surface area contributed by atoms with Crippen LogP contribution in [0.3, 0.4) is 0 Å². The van der Waals surface area contributed by atoms with Gasteiger partial charge in [0.25, 0.3) is 0 Å². The van der Waals surface area contributed by atoms with Gasteiger partial charge >= 0.3 is 0 Å². The number of fused-ring (bicyclic) bond motifs is 1.